The van der Waals surface area contributed by atoms with Gasteiger partial charge in [0.05, 0.1) is 6.54 Å². The molecule has 0 radical (unpaired) electrons. The van der Waals surface area contributed by atoms with Gasteiger partial charge in [0.15, 0.2) is 5.22 Å². The predicted octanol–water partition coefficient (Wildman–Crippen LogP) is 1.55. The van der Waals surface area contributed by atoms with Gasteiger partial charge in [-0.15, -0.1) is 0 Å². The van der Waals surface area contributed by atoms with Crippen LogP contribution in [0, 0.1) is 5.92 Å². The van der Waals surface area contributed by atoms with Gasteiger partial charge in [0.1, 0.15) is 5.76 Å². The number of rotatable bonds is 6. The topological polar surface area (TPSA) is 54.3 Å². The Bertz CT molecular complexity index is 361. The summed E-state index contributed by atoms with van der Waals surface area (Å²) < 4.78 is 5.17. The Morgan fingerprint density at radius 1 is 1.44 bits per heavy atom. The van der Waals surface area contributed by atoms with Crippen molar-refractivity contribution in [2.75, 3.05) is 13.1 Å². The molecule has 1 saturated carbocycles. The van der Waals surface area contributed by atoms with Gasteiger partial charge >= 0.3 is 0 Å². The highest BCUT2D eigenvalue weighted by molar-refractivity contribution is 6.28. The van der Waals surface area contributed by atoms with Crippen molar-refractivity contribution in [3.05, 3.63) is 23.1 Å². The summed E-state index contributed by atoms with van der Waals surface area (Å²) in [7, 11) is 0. The van der Waals surface area contributed by atoms with Crippen LogP contribution in [0.5, 0.6) is 0 Å². The minimum absolute atomic E-state index is 0.183. The van der Waals surface area contributed by atoms with Crippen molar-refractivity contribution in [1.29, 1.82) is 0 Å². The molecule has 0 saturated heterocycles. The molecule has 1 fully saturated rings. The second-order valence-electron chi connectivity index (χ2n) is 3.95. The molecule has 88 valence electrons. The summed E-state index contributed by atoms with van der Waals surface area (Å²) in [6.07, 6.45) is 2.09. The standard InChI is InChI=1S/C11H15ClN2O2/c12-10-4-3-9(16-10)7-13-5-6-14-11(15)8-1-2-8/h3-4,8,13H,1-2,5-7H2,(H,14,15). The fraction of sp³-hybridized carbons (Fsp3) is 0.545. The molecule has 1 amide bonds. The fourth-order valence-corrected chi connectivity index (χ4v) is 1.58. The molecule has 16 heavy (non-hydrogen) atoms. The first-order chi connectivity index (χ1) is 7.75. The molecule has 0 bridgehead atoms. The van der Waals surface area contributed by atoms with E-state index in [2.05, 4.69) is 10.6 Å². The van der Waals surface area contributed by atoms with Gasteiger partial charge in [-0.2, -0.15) is 0 Å². The minimum Gasteiger partial charge on any atom is -0.448 e. The largest absolute Gasteiger partial charge is 0.448 e. The summed E-state index contributed by atoms with van der Waals surface area (Å²) >= 11 is 5.63. The monoisotopic (exact) mass is 242 g/mol. The van der Waals surface area contributed by atoms with Gasteiger partial charge in [0.2, 0.25) is 5.91 Å². The number of nitrogens with one attached hydrogen (secondary N) is 2. The molecule has 1 aliphatic carbocycles. The molecule has 1 aliphatic rings. The average molecular weight is 243 g/mol. The van der Waals surface area contributed by atoms with Gasteiger partial charge < -0.3 is 15.1 Å². The molecule has 0 atom stereocenters. The van der Waals surface area contributed by atoms with Crippen molar-refractivity contribution >= 4 is 17.5 Å². The van der Waals surface area contributed by atoms with E-state index in [1.54, 1.807) is 6.07 Å². The Kier molecular flexibility index (Phi) is 3.85. The number of hydrogen-bond donors (Lipinski definition) is 2. The molecule has 5 heteroatoms. The third kappa shape index (κ3) is 3.54. The van der Waals surface area contributed by atoms with Gasteiger partial charge in [0, 0.05) is 19.0 Å². The Labute approximate surface area is 99.3 Å². The van der Waals surface area contributed by atoms with Crippen LogP contribution in [0.2, 0.25) is 5.22 Å². The molecule has 0 unspecified atom stereocenters. The quantitative estimate of drug-likeness (QED) is 0.745. The third-order valence-electron chi connectivity index (χ3n) is 2.48. The lowest BCUT2D eigenvalue weighted by atomic mass is 10.4. The lowest BCUT2D eigenvalue weighted by Crippen LogP contribution is -2.32. The van der Waals surface area contributed by atoms with Crippen LogP contribution in [0.3, 0.4) is 0 Å². The van der Waals surface area contributed by atoms with E-state index in [1.165, 1.54) is 0 Å². The summed E-state index contributed by atoms with van der Waals surface area (Å²) in [5.74, 6) is 1.27. The van der Waals surface area contributed by atoms with Crippen LogP contribution in [-0.4, -0.2) is 19.0 Å². The van der Waals surface area contributed by atoms with E-state index in [1.807, 2.05) is 6.07 Å². The molecule has 1 aromatic rings. The van der Waals surface area contributed by atoms with Crippen LogP contribution >= 0.6 is 11.6 Å². The molecule has 2 N–H and O–H groups in total. The highest BCUT2D eigenvalue weighted by atomic mass is 35.5. The zero-order chi connectivity index (χ0) is 11.4. The van der Waals surface area contributed by atoms with Crippen LogP contribution in [0.25, 0.3) is 0 Å². The van der Waals surface area contributed by atoms with E-state index < -0.39 is 0 Å². The summed E-state index contributed by atoms with van der Waals surface area (Å²) in [5.41, 5.74) is 0. The predicted molar refractivity (Wildman–Crippen MR) is 61.2 cm³/mol. The van der Waals surface area contributed by atoms with Crippen molar-refractivity contribution < 1.29 is 9.21 Å². The Morgan fingerprint density at radius 3 is 2.88 bits per heavy atom. The van der Waals surface area contributed by atoms with E-state index in [0.29, 0.717) is 18.3 Å². The third-order valence-corrected chi connectivity index (χ3v) is 2.68. The highest BCUT2D eigenvalue weighted by Gasteiger charge is 2.28. The fourth-order valence-electron chi connectivity index (χ4n) is 1.42. The van der Waals surface area contributed by atoms with Crippen molar-refractivity contribution in [2.24, 2.45) is 5.92 Å². The molecule has 4 nitrogen and oxygen atoms in total. The van der Waals surface area contributed by atoms with E-state index in [-0.39, 0.29) is 11.8 Å². The average Bonchev–Trinajstić information content (AvgIpc) is 3.03. The van der Waals surface area contributed by atoms with Crippen LogP contribution < -0.4 is 10.6 Å². The number of hydrogen-bond acceptors (Lipinski definition) is 3. The van der Waals surface area contributed by atoms with E-state index >= 15 is 0 Å². The first-order valence-corrected chi connectivity index (χ1v) is 5.86. The Hall–Kier alpha value is -1.00. The zero-order valence-corrected chi connectivity index (χ0v) is 9.72. The normalized spacial score (nSPS) is 15.1. The van der Waals surface area contributed by atoms with E-state index in [9.17, 15) is 4.79 Å². The number of amides is 1. The van der Waals surface area contributed by atoms with Crippen molar-refractivity contribution in [2.45, 2.75) is 19.4 Å². The lowest BCUT2D eigenvalue weighted by molar-refractivity contribution is -0.122. The van der Waals surface area contributed by atoms with Gasteiger partial charge in [-0.05, 0) is 36.6 Å². The van der Waals surface area contributed by atoms with Crippen LogP contribution in [0.15, 0.2) is 16.5 Å². The molecule has 1 aromatic heterocycles. The maximum atomic E-state index is 11.3. The number of furan rings is 1. The second kappa shape index (κ2) is 5.37. The summed E-state index contributed by atoms with van der Waals surface area (Å²) in [6, 6.07) is 3.55. The minimum atomic E-state index is 0.183. The van der Waals surface area contributed by atoms with Crippen LogP contribution in [-0.2, 0) is 11.3 Å². The zero-order valence-electron chi connectivity index (χ0n) is 8.96. The van der Waals surface area contributed by atoms with Crippen LogP contribution in [0.4, 0.5) is 0 Å². The molecule has 1 heterocycles. The first-order valence-electron chi connectivity index (χ1n) is 5.48. The van der Waals surface area contributed by atoms with Crippen molar-refractivity contribution in [3.8, 4) is 0 Å². The number of carbonyl (C=O) groups excluding carboxylic acids is 1. The highest BCUT2D eigenvalue weighted by Crippen LogP contribution is 2.28. The van der Waals surface area contributed by atoms with Gasteiger partial charge in [-0.1, -0.05) is 0 Å². The maximum Gasteiger partial charge on any atom is 0.223 e. The van der Waals surface area contributed by atoms with Gasteiger partial charge in [-0.3, -0.25) is 4.79 Å². The maximum absolute atomic E-state index is 11.3. The molecule has 0 spiro atoms. The molecule has 0 aliphatic heterocycles. The molecular formula is C11H15ClN2O2. The van der Waals surface area contributed by atoms with Crippen molar-refractivity contribution in [3.63, 3.8) is 0 Å². The second-order valence-corrected chi connectivity index (χ2v) is 4.32. The van der Waals surface area contributed by atoms with Crippen molar-refractivity contribution in [1.82, 2.24) is 10.6 Å². The number of carbonyl (C=O) groups is 1. The molecular weight excluding hydrogens is 228 g/mol. The van der Waals surface area contributed by atoms with Gasteiger partial charge in [0.25, 0.3) is 0 Å². The Balaban J connectivity index is 1.53. The van der Waals surface area contributed by atoms with E-state index in [4.69, 9.17) is 16.0 Å². The smallest absolute Gasteiger partial charge is 0.223 e. The lowest BCUT2D eigenvalue weighted by Gasteiger charge is -2.04. The Morgan fingerprint density at radius 2 is 2.25 bits per heavy atom. The summed E-state index contributed by atoms with van der Waals surface area (Å²) in [5, 5.41) is 6.44. The molecule has 2 rings (SSSR count). The van der Waals surface area contributed by atoms with E-state index in [0.717, 1.165) is 25.1 Å². The summed E-state index contributed by atoms with van der Waals surface area (Å²) in [6.45, 7) is 2.02. The summed E-state index contributed by atoms with van der Waals surface area (Å²) in [4.78, 5) is 11.3. The van der Waals surface area contributed by atoms with Gasteiger partial charge in [-0.25, -0.2) is 0 Å². The number of halogens is 1. The first kappa shape index (κ1) is 11.5. The van der Waals surface area contributed by atoms with Crippen LogP contribution in [0.1, 0.15) is 18.6 Å². The SMILES string of the molecule is O=C(NCCNCc1ccc(Cl)o1)C1CC1. The molecule has 0 aromatic carbocycles.